The molecule has 0 aliphatic rings. The summed E-state index contributed by atoms with van der Waals surface area (Å²) in [5.41, 5.74) is 5.04. The van der Waals surface area contributed by atoms with E-state index in [1.54, 1.807) is 13.8 Å². The van der Waals surface area contributed by atoms with Gasteiger partial charge >= 0.3 is 0 Å². The molecule has 7 heteroatoms. The van der Waals surface area contributed by atoms with Crippen molar-refractivity contribution in [1.82, 2.24) is 10.0 Å². The van der Waals surface area contributed by atoms with Crippen molar-refractivity contribution >= 4 is 15.9 Å². The van der Waals surface area contributed by atoms with Crippen molar-refractivity contribution in [3.63, 3.8) is 0 Å². The van der Waals surface area contributed by atoms with E-state index in [0.29, 0.717) is 0 Å². The van der Waals surface area contributed by atoms with Crippen LogP contribution in [0.25, 0.3) is 0 Å². The zero-order valence-corrected chi connectivity index (χ0v) is 12.6. The molecule has 0 saturated carbocycles. The molecule has 0 aliphatic carbocycles. The number of carbonyl (C=O) groups is 1. The molecule has 0 heterocycles. The SMILES string of the molecule is CC[C@H](C)[C@H](N)C(=O)NCC(C)(C)NS(C)(=O)=O. The van der Waals surface area contributed by atoms with Gasteiger partial charge in [-0.25, -0.2) is 13.1 Å². The van der Waals surface area contributed by atoms with Gasteiger partial charge in [0.05, 0.1) is 12.3 Å². The molecule has 2 atom stereocenters. The van der Waals surface area contributed by atoms with Gasteiger partial charge in [0.15, 0.2) is 0 Å². The highest BCUT2D eigenvalue weighted by molar-refractivity contribution is 7.88. The second kappa shape index (κ2) is 6.49. The van der Waals surface area contributed by atoms with Gasteiger partial charge in [0.1, 0.15) is 0 Å². The Kier molecular flexibility index (Phi) is 6.25. The monoisotopic (exact) mass is 279 g/mol. The number of rotatable bonds is 7. The molecule has 0 saturated heterocycles. The lowest BCUT2D eigenvalue weighted by molar-refractivity contribution is -0.123. The Morgan fingerprint density at radius 3 is 2.28 bits per heavy atom. The molecule has 108 valence electrons. The highest BCUT2D eigenvalue weighted by atomic mass is 32.2. The molecule has 0 aromatic heterocycles. The molecule has 18 heavy (non-hydrogen) atoms. The zero-order chi connectivity index (χ0) is 14.6. The van der Waals surface area contributed by atoms with Crippen LogP contribution in [0.1, 0.15) is 34.1 Å². The predicted molar refractivity (Wildman–Crippen MR) is 72.5 cm³/mol. The molecular weight excluding hydrogens is 254 g/mol. The van der Waals surface area contributed by atoms with Crippen LogP contribution in [0.15, 0.2) is 0 Å². The average Bonchev–Trinajstić information content (AvgIpc) is 2.20. The number of sulfonamides is 1. The van der Waals surface area contributed by atoms with E-state index in [1.807, 2.05) is 13.8 Å². The van der Waals surface area contributed by atoms with Gasteiger partial charge in [-0.3, -0.25) is 4.79 Å². The molecule has 0 aromatic rings. The Balaban J connectivity index is 4.36. The Labute approximate surface area is 110 Å². The first-order chi connectivity index (χ1) is 7.98. The maximum Gasteiger partial charge on any atom is 0.237 e. The Morgan fingerprint density at radius 1 is 1.39 bits per heavy atom. The summed E-state index contributed by atoms with van der Waals surface area (Å²) >= 11 is 0. The summed E-state index contributed by atoms with van der Waals surface area (Å²) in [5, 5.41) is 2.67. The van der Waals surface area contributed by atoms with Crippen molar-refractivity contribution in [2.75, 3.05) is 12.8 Å². The van der Waals surface area contributed by atoms with Gasteiger partial charge in [0, 0.05) is 12.1 Å². The summed E-state index contributed by atoms with van der Waals surface area (Å²) in [6, 6.07) is -0.566. The van der Waals surface area contributed by atoms with E-state index < -0.39 is 21.6 Å². The third-order valence-corrected chi connectivity index (χ3v) is 3.65. The summed E-state index contributed by atoms with van der Waals surface area (Å²) in [6.07, 6.45) is 1.90. The molecule has 6 nitrogen and oxygen atoms in total. The van der Waals surface area contributed by atoms with Crippen molar-refractivity contribution in [2.45, 2.75) is 45.7 Å². The lowest BCUT2D eigenvalue weighted by atomic mass is 9.99. The standard InChI is InChI=1S/C11H25N3O3S/c1-6-8(2)9(12)10(15)13-7-11(3,4)14-18(5,16)17/h8-9,14H,6-7,12H2,1-5H3,(H,13,15)/t8-,9-/m0/s1. The minimum Gasteiger partial charge on any atom is -0.353 e. The van der Waals surface area contributed by atoms with Crippen LogP contribution >= 0.6 is 0 Å². The van der Waals surface area contributed by atoms with Gasteiger partial charge in [0.2, 0.25) is 15.9 Å². The lowest BCUT2D eigenvalue weighted by Crippen LogP contribution is -2.54. The molecule has 0 aliphatic heterocycles. The van der Waals surface area contributed by atoms with Crippen LogP contribution in [0.3, 0.4) is 0 Å². The first kappa shape index (κ1) is 17.3. The lowest BCUT2D eigenvalue weighted by Gasteiger charge is -2.27. The normalized spacial score (nSPS) is 16.1. The van der Waals surface area contributed by atoms with Crippen LogP contribution in [0.5, 0.6) is 0 Å². The van der Waals surface area contributed by atoms with E-state index in [9.17, 15) is 13.2 Å². The molecule has 0 unspecified atom stereocenters. The minimum absolute atomic E-state index is 0.0935. The molecule has 0 bridgehead atoms. The highest BCUT2D eigenvalue weighted by Crippen LogP contribution is 2.06. The fourth-order valence-corrected chi connectivity index (χ4v) is 2.55. The van der Waals surface area contributed by atoms with Gasteiger partial charge in [-0.1, -0.05) is 20.3 Å². The smallest absolute Gasteiger partial charge is 0.237 e. The van der Waals surface area contributed by atoms with E-state index in [4.69, 9.17) is 5.73 Å². The number of amides is 1. The summed E-state index contributed by atoms with van der Waals surface area (Å²) < 4.78 is 24.7. The van der Waals surface area contributed by atoms with Crippen molar-refractivity contribution in [1.29, 1.82) is 0 Å². The summed E-state index contributed by atoms with van der Waals surface area (Å²) in [5.74, 6) is -0.163. The Bertz CT molecular complexity index is 379. The fourth-order valence-electron chi connectivity index (χ4n) is 1.48. The number of nitrogens with two attached hydrogens (primary N) is 1. The highest BCUT2D eigenvalue weighted by Gasteiger charge is 2.25. The maximum atomic E-state index is 11.7. The Morgan fingerprint density at radius 2 is 1.89 bits per heavy atom. The first-order valence-electron chi connectivity index (χ1n) is 6.00. The first-order valence-corrected chi connectivity index (χ1v) is 7.90. The van der Waals surface area contributed by atoms with Crippen molar-refractivity contribution in [2.24, 2.45) is 11.7 Å². The van der Waals surface area contributed by atoms with E-state index in [0.717, 1.165) is 12.7 Å². The third-order valence-electron chi connectivity index (χ3n) is 2.73. The molecule has 0 radical (unpaired) electrons. The van der Waals surface area contributed by atoms with Gasteiger partial charge in [0.25, 0.3) is 0 Å². The quantitative estimate of drug-likeness (QED) is 0.601. The second-order valence-electron chi connectivity index (χ2n) is 5.39. The van der Waals surface area contributed by atoms with Crippen LogP contribution in [-0.4, -0.2) is 38.7 Å². The largest absolute Gasteiger partial charge is 0.353 e. The molecular formula is C11H25N3O3S. The number of hydrogen-bond donors (Lipinski definition) is 3. The molecule has 0 fully saturated rings. The second-order valence-corrected chi connectivity index (χ2v) is 7.14. The molecule has 0 rings (SSSR count). The average molecular weight is 279 g/mol. The topological polar surface area (TPSA) is 101 Å². The van der Waals surface area contributed by atoms with E-state index in [2.05, 4.69) is 10.0 Å². The summed E-state index contributed by atoms with van der Waals surface area (Å²) in [7, 11) is -3.30. The van der Waals surface area contributed by atoms with Gasteiger partial charge < -0.3 is 11.1 Å². The van der Waals surface area contributed by atoms with Gasteiger partial charge in [-0.2, -0.15) is 0 Å². The van der Waals surface area contributed by atoms with Crippen LogP contribution in [0.4, 0.5) is 0 Å². The van der Waals surface area contributed by atoms with Gasteiger partial charge in [-0.15, -0.1) is 0 Å². The van der Waals surface area contributed by atoms with Crippen molar-refractivity contribution in [3.8, 4) is 0 Å². The number of nitrogens with one attached hydrogen (secondary N) is 2. The van der Waals surface area contributed by atoms with E-state index >= 15 is 0 Å². The van der Waals surface area contributed by atoms with Crippen LogP contribution in [0, 0.1) is 5.92 Å². The maximum absolute atomic E-state index is 11.7. The van der Waals surface area contributed by atoms with E-state index in [1.165, 1.54) is 0 Å². The van der Waals surface area contributed by atoms with Crippen LogP contribution in [-0.2, 0) is 14.8 Å². The van der Waals surface area contributed by atoms with Crippen LogP contribution in [0.2, 0.25) is 0 Å². The zero-order valence-electron chi connectivity index (χ0n) is 11.8. The summed E-state index contributed by atoms with van der Waals surface area (Å²) in [4.78, 5) is 11.7. The van der Waals surface area contributed by atoms with Crippen LogP contribution < -0.4 is 15.8 Å². The molecule has 0 spiro atoms. The number of carbonyl (C=O) groups excluding carboxylic acids is 1. The van der Waals surface area contributed by atoms with Crippen molar-refractivity contribution in [3.05, 3.63) is 0 Å². The summed E-state index contributed by atoms with van der Waals surface area (Å²) in [6.45, 7) is 7.46. The Hall–Kier alpha value is -0.660. The van der Waals surface area contributed by atoms with Crippen molar-refractivity contribution < 1.29 is 13.2 Å². The minimum atomic E-state index is -3.30. The molecule has 0 aromatic carbocycles. The molecule has 4 N–H and O–H groups in total. The number of hydrogen-bond acceptors (Lipinski definition) is 4. The molecule has 1 amide bonds. The van der Waals surface area contributed by atoms with Gasteiger partial charge in [-0.05, 0) is 19.8 Å². The fraction of sp³-hybridized carbons (Fsp3) is 0.909. The third kappa shape index (κ3) is 6.93. The van der Waals surface area contributed by atoms with E-state index in [-0.39, 0.29) is 18.4 Å². The predicted octanol–water partition coefficient (Wildman–Crippen LogP) is -0.196.